The second-order valence-corrected chi connectivity index (χ2v) is 4.68. The summed E-state index contributed by atoms with van der Waals surface area (Å²) in [4.78, 5) is 14.0. The van der Waals surface area contributed by atoms with Crippen molar-refractivity contribution in [2.45, 2.75) is 25.1 Å². The van der Waals surface area contributed by atoms with Gasteiger partial charge in [-0.3, -0.25) is 9.69 Å². The first-order valence-corrected chi connectivity index (χ1v) is 6.27. The summed E-state index contributed by atoms with van der Waals surface area (Å²) < 4.78 is 7.19. The van der Waals surface area contributed by atoms with Crippen molar-refractivity contribution in [3.05, 3.63) is 47.4 Å². The van der Waals surface area contributed by atoms with Crippen molar-refractivity contribution in [2.24, 2.45) is 0 Å². The van der Waals surface area contributed by atoms with E-state index in [2.05, 4.69) is 11.5 Å². The van der Waals surface area contributed by atoms with Gasteiger partial charge in [0.15, 0.2) is 0 Å². The zero-order valence-corrected chi connectivity index (χ0v) is 10.8. The highest BCUT2D eigenvalue weighted by Crippen LogP contribution is 2.20. The Labute approximate surface area is 107 Å². The molecule has 0 spiro atoms. The molecule has 0 aromatic carbocycles. The Hall–Kier alpha value is -1.39. The molecule has 0 amide bonds. The van der Waals surface area contributed by atoms with Crippen LogP contribution in [0.1, 0.15) is 6.42 Å². The Morgan fingerprint density at radius 2 is 2.39 bits per heavy atom. The van der Waals surface area contributed by atoms with Gasteiger partial charge >= 0.3 is 0 Å². The van der Waals surface area contributed by atoms with Crippen LogP contribution in [0, 0.1) is 0 Å². The van der Waals surface area contributed by atoms with E-state index in [4.69, 9.17) is 4.74 Å². The van der Waals surface area contributed by atoms with E-state index < -0.39 is 0 Å². The van der Waals surface area contributed by atoms with Gasteiger partial charge in [0.2, 0.25) is 0 Å². The van der Waals surface area contributed by atoms with Gasteiger partial charge in [-0.2, -0.15) is 0 Å². The molecule has 1 fully saturated rings. The summed E-state index contributed by atoms with van der Waals surface area (Å²) in [7, 11) is 1.74. The zero-order valence-electron chi connectivity index (χ0n) is 10.8. The van der Waals surface area contributed by atoms with Crippen molar-refractivity contribution in [1.29, 1.82) is 0 Å². The molecule has 0 bridgehead atoms. The van der Waals surface area contributed by atoms with Crippen molar-refractivity contribution in [3.63, 3.8) is 0 Å². The fourth-order valence-electron chi connectivity index (χ4n) is 2.53. The van der Waals surface area contributed by atoms with Gasteiger partial charge in [0.25, 0.3) is 5.56 Å². The molecule has 0 unspecified atom stereocenters. The van der Waals surface area contributed by atoms with Gasteiger partial charge < -0.3 is 9.30 Å². The van der Waals surface area contributed by atoms with Crippen LogP contribution in [0.4, 0.5) is 0 Å². The molecule has 2 atom stereocenters. The average Bonchev–Trinajstić information content (AvgIpc) is 2.75. The van der Waals surface area contributed by atoms with E-state index in [0.717, 1.165) is 19.5 Å². The minimum atomic E-state index is 0.0527. The molecule has 2 heterocycles. The molecule has 4 nitrogen and oxygen atoms in total. The summed E-state index contributed by atoms with van der Waals surface area (Å²) in [6, 6.07) is 5.60. The predicted molar refractivity (Wildman–Crippen MR) is 71.7 cm³/mol. The Morgan fingerprint density at radius 1 is 1.56 bits per heavy atom. The van der Waals surface area contributed by atoms with Crippen molar-refractivity contribution in [1.82, 2.24) is 9.47 Å². The maximum atomic E-state index is 11.7. The molecule has 1 aromatic heterocycles. The molecule has 18 heavy (non-hydrogen) atoms. The Balaban J connectivity index is 2.09. The number of pyridine rings is 1. The first-order valence-electron chi connectivity index (χ1n) is 6.27. The molecule has 1 aromatic rings. The number of methoxy groups -OCH3 is 1. The van der Waals surface area contributed by atoms with Crippen LogP contribution in [-0.4, -0.2) is 41.8 Å². The first-order chi connectivity index (χ1) is 8.74. The number of ether oxygens (including phenoxy) is 1. The quantitative estimate of drug-likeness (QED) is 0.732. The van der Waals surface area contributed by atoms with Crippen LogP contribution in [0.3, 0.4) is 0 Å². The molecule has 0 aliphatic carbocycles. The summed E-state index contributed by atoms with van der Waals surface area (Å²) in [5, 5.41) is 0. The summed E-state index contributed by atoms with van der Waals surface area (Å²) in [5.74, 6) is 0. The average molecular weight is 248 g/mol. The maximum absolute atomic E-state index is 11.7. The molecule has 98 valence electrons. The second kappa shape index (κ2) is 5.98. The SMILES string of the molecule is C=CCN1C[C@H](OC)C[C@@H]1Cn1ccccc1=O. The van der Waals surface area contributed by atoms with Gasteiger partial charge in [-0.15, -0.1) is 6.58 Å². The van der Waals surface area contributed by atoms with Crippen LogP contribution in [0.15, 0.2) is 41.8 Å². The van der Waals surface area contributed by atoms with Crippen molar-refractivity contribution in [3.8, 4) is 0 Å². The zero-order chi connectivity index (χ0) is 13.0. The van der Waals surface area contributed by atoms with Crippen LogP contribution in [-0.2, 0) is 11.3 Å². The Kier molecular flexibility index (Phi) is 4.33. The lowest BCUT2D eigenvalue weighted by Crippen LogP contribution is -2.35. The highest BCUT2D eigenvalue weighted by molar-refractivity contribution is 4.96. The first kappa shape index (κ1) is 13.1. The van der Waals surface area contributed by atoms with E-state index in [-0.39, 0.29) is 11.7 Å². The van der Waals surface area contributed by atoms with Gasteiger partial charge in [0.05, 0.1) is 6.10 Å². The van der Waals surface area contributed by atoms with Crippen LogP contribution < -0.4 is 5.56 Å². The van der Waals surface area contributed by atoms with Gasteiger partial charge in [-0.25, -0.2) is 0 Å². The highest BCUT2D eigenvalue weighted by Gasteiger charge is 2.31. The molecule has 2 rings (SSSR count). The van der Waals surface area contributed by atoms with Crippen LogP contribution in [0.5, 0.6) is 0 Å². The number of likely N-dealkylation sites (tertiary alicyclic amines) is 1. The maximum Gasteiger partial charge on any atom is 0.250 e. The molecule has 0 radical (unpaired) electrons. The third-order valence-corrected chi connectivity index (χ3v) is 3.49. The Morgan fingerprint density at radius 3 is 3.06 bits per heavy atom. The van der Waals surface area contributed by atoms with Gasteiger partial charge in [-0.1, -0.05) is 12.1 Å². The summed E-state index contributed by atoms with van der Waals surface area (Å²) in [6.07, 6.45) is 4.97. The van der Waals surface area contributed by atoms with E-state index in [0.29, 0.717) is 12.6 Å². The van der Waals surface area contributed by atoms with Crippen LogP contribution in [0.2, 0.25) is 0 Å². The fourth-order valence-corrected chi connectivity index (χ4v) is 2.53. The lowest BCUT2D eigenvalue weighted by atomic mass is 10.2. The monoisotopic (exact) mass is 248 g/mol. The molecule has 1 aliphatic heterocycles. The molecule has 1 saturated heterocycles. The molecule has 4 heteroatoms. The van der Waals surface area contributed by atoms with Gasteiger partial charge in [0.1, 0.15) is 0 Å². The highest BCUT2D eigenvalue weighted by atomic mass is 16.5. The molecule has 0 saturated carbocycles. The minimum Gasteiger partial charge on any atom is -0.380 e. The summed E-state index contributed by atoms with van der Waals surface area (Å²) in [6.45, 7) is 6.25. The molecule has 1 aliphatic rings. The lowest BCUT2D eigenvalue weighted by molar-refractivity contribution is 0.109. The van der Waals surface area contributed by atoms with Crippen LogP contribution in [0.25, 0.3) is 0 Å². The number of aromatic nitrogens is 1. The van der Waals surface area contributed by atoms with E-state index in [1.807, 2.05) is 18.3 Å². The second-order valence-electron chi connectivity index (χ2n) is 4.68. The number of nitrogens with zero attached hydrogens (tertiary/aromatic N) is 2. The fraction of sp³-hybridized carbons (Fsp3) is 0.500. The summed E-state index contributed by atoms with van der Waals surface area (Å²) in [5.41, 5.74) is 0.0527. The van der Waals surface area contributed by atoms with E-state index >= 15 is 0 Å². The number of hydrogen-bond acceptors (Lipinski definition) is 3. The largest absolute Gasteiger partial charge is 0.380 e. The van der Waals surface area contributed by atoms with E-state index in [9.17, 15) is 4.79 Å². The van der Waals surface area contributed by atoms with E-state index in [1.165, 1.54) is 0 Å². The third-order valence-electron chi connectivity index (χ3n) is 3.49. The van der Waals surface area contributed by atoms with E-state index in [1.54, 1.807) is 23.8 Å². The number of rotatable bonds is 5. The molecule has 0 N–H and O–H groups in total. The normalized spacial score (nSPS) is 24.3. The summed E-state index contributed by atoms with van der Waals surface area (Å²) >= 11 is 0. The predicted octanol–water partition coefficient (Wildman–Crippen LogP) is 1.12. The number of hydrogen-bond donors (Lipinski definition) is 0. The third kappa shape index (κ3) is 2.89. The van der Waals surface area contributed by atoms with Crippen LogP contribution >= 0.6 is 0 Å². The minimum absolute atomic E-state index is 0.0527. The molecular formula is C14H20N2O2. The standard InChI is InChI=1S/C14H20N2O2/c1-3-7-15-11-13(18-2)9-12(15)10-16-8-5-4-6-14(16)17/h3-6,8,12-13H,1,7,9-11H2,2H3/t12-,13-/m1/s1. The van der Waals surface area contributed by atoms with Crippen molar-refractivity contribution in [2.75, 3.05) is 20.2 Å². The smallest absolute Gasteiger partial charge is 0.250 e. The Bertz CT molecular complexity index is 455. The topological polar surface area (TPSA) is 34.5 Å². The van der Waals surface area contributed by atoms with Gasteiger partial charge in [0, 0.05) is 45.0 Å². The molecular weight excluding hydrogens is 228 g/mol. The van der Waals surface area contributed by atoms with Gasteiger partial charge in [-0.05, 0) is 12.5 Å². The van der Waals surface area contributed by atoms with Crippen molar-refractivity contribution >= 4 is 0 Å². The lowest BCUT2D eigenvalue weighted by Gasteiger charge is -2.23. The van der Waals surface area contributed by atoms with Crippen molar-refractivity contribution < 1.29 is 4.74 Å².